The molecule has 0 atom stereocenters. The van der Waals surface area contributed by atoms with Crippen LogP contribution in [0.4, 0.5) is 0 Å². The number of aromatic nitrogens is 1. The summed E-state index contributed by atoms with van der Waals surface area (Å²) in [4.78, 5) is 4.35. The SMILES string of the molecule is CCOc1ccccc1CNS(=O)(=O)c1nc(-c2ccccc2)oc1-c1ccccc1. The Morgan fingerprint density at radius 3 is 2.16 bits per heavy atom. The van der Waals surface area contributed by atoms with Gasteiger partial charge in [0.1, 0.15) is 5.75 Å². The van der Waals surface area contributed by atoms with Crippen molar-refractivity contribution in [1.29, 1.82) is 0 Å². The van der Waals surface area contributed by atoms with E-state index in [2.05, 4.69) is 9.71 Å². The van der Waals surface area contributed by atoms with Gasteiger partial charge in [0, 0.05) is 23.2 Å². The molecule has 0 radical (unpaired) electrons. The molecule has 4 rings (SSSR count). The summed E-state index contributed by atoms with van der Waals surface area (Å²) in [5, 5.41) is -0.147. The fourth-order valence-electron chi connectivity index (χ4n) is 3.15. The lowest BCUT2D eigenvalue weighted by atomic mass is 10.2. The zero-order valence-electron chi connectivity index (χ0n) is 17.0. The van der Waals surface area contributed by atoms with Crippen molar-refractivity contribution in [1.82, 2.24) is 9.71 Å². The molecule has 6 nitrogen and oxygen atoms in total. The van der Waals surface area contributed by atoms with Crippen LogP contribution in [0, 0.1) is 0 Å². The second kappa shape index (κ2) is 9.16. The van der Waals surface area contributed by atoms with Crippen molar-refractivity contribution in [3.8, 4) is 28.5 Å². The summed E-state index contributed by atoms with van der Waals surface area (Å²) < 4.78 is 40.6. The third-order valence-electron chi connectivity index (χ3n) is 4.63. The Morgan fingerprint density at radius 2 is 1.48 bits per heavy atom. The molecule has 1 aromatic heterocycles. The summed E-state index contributed by atoms with van der Waals surface area (Å²) in [6, 6.07) is 25.6. The lowest BCUT2D eigenvalue weighted by Crippen LogP contribution is -2.24. The number of hydrogen-bond acceptors (Lipinski definition) is 5. The van der Waals surface area contributed by atoms with Gasteiger partial charge in [-0.2, -0.15) is 4.98 Å². The number of nitrogens with one attached hydrogen (secondary N) is 1. The highest BCUT2D eigenvalue weighted by Gasteiger charge is 2.27. The molecule has 0 aliphatic heterocycles. The van der Waals surface area contributed by atoms with Gasteiger partial charge >= 0.3 is 0 Å². The molecule has 0 spiro atoms. The van der Waals surface area contributed by atoms with Gasteiger partial charge in [-0.1, -0.05) is 66.7 Å². The quantitative estimate of drug-likeness (QED) is 0.427. The predicted molar refractivity (Wildman–Crippen MR) is 119 cm³/mol. The van der Waals surface area contributed by atoms with Gasteiger partial charge in [-0.05, 0) is 25.1 Å². The standard InChI is InChI=1S/C24H22N2O4S/c1-2-29-21-16-10-9-15-20(21)17-25-31(27,28)24-22(18-11-5-3-6-12-18)30-23(26-24)19-13-7-4-8-14-19/h3-16,25H,2,17H2,1H3. The summed E-state index contributed by atoms with van der Waals surface area (Å²) in [5.41, 5.74) is 2.07. The van der Waals surface area contributed by atoms with E-state index in [1.165, 1.54) is 0 Å². The van der Waals surface area contributed by atoms with Crippen LogP contribution in [0.15, 0.2) is 94.4 Å². The van der Waals surface area contributed by atoms with E-state index in [1.807, 2.05) is 79.7 Å². The number of ether oxygens (including phenoxy) is 1. The Morgan fingerprint density at radius 1 is 0.871 bits per heavy atom. The molecule has 0 unspecified atom stereocenters. The highest BCUT2D eigenvalue weighted by molar-refractivity contribution is 7.89. The molecule has 158 valence electrons. The van der Waals surface area contributed by atoms with Crippen molar-refractivity contribution in [3.05, 3.63) is 90.5 Å². The maximum Gasteiger partial charge on any atom is 0.262 e. The van der Waals surface area contributed by atoms with Crippen LogP contribution in [0.3, 0.4) is 0 Å². The molecule has 0 aliphatic carbocycles. The largest absolute Gasteiger partial charge is 0.494 e. The third-order valence-corrected chi connectivity index (χ3v) is 5.94. The molecule has 7 heteroatoms. The van der Waals surface area contributed by atoms with Gasteiger partial charge in [-0.3, -0.25) is 0 Å². The van der Waals surface area contributed by atoms with Crippen LogP contribution < -0.4 is 9.46 Å². The topological polar surface area (TPSA) is 81.4 Å². The Bertz CT molecular complexity index is 1250. The summed E-state index contributed by atoms with van der Waals surface area (Å²) in [7, 11) is -3.97. The number of para-hydroxylation sites is 1. The first-order valence-electron chi connectivity index (χ1n) is 9.90. The first-order chi connectivity index (χ1) is 15.1. The molecule has 0 saturated heterocycles. The molecule has 31 heavy (non-hydrogen) atoms. The van der Waals surface area contributed by atoms with E-state index in [0.29, 0.717) is 23.5 Å². The Labute approximate surface area is 181 Å². The number of oxazole rings is 1. The highest BCUT2D eigenvalue weighted by Crippen LogP contribution is 2.32. The molecule has 1 heterocycles. The van der Waals surface area contributed by atoms with Gasteiger partial charge in [0.15, 0.2) is 5.76 Å². The van der Waals surface area contributed by atoms with Gasteiger partial charge in [0.2, 0.25) is 10.9 Å². The van der Waals surface area contributed by atoms with Crippen molar-refractivity contribution in [2.45, 2.75) is 18.5 Å². The molecule has 0 amide bonds. The minimum Gasteiger partial charge on any atom is -0.494 e. The molecule has 1 N–H and O–H groups in total. The van der Waals surface area contributed by atoms with Gasteiger partial charge in [-0.25, -0.2) is 13.1 Å². The van der Waals surface area contributed by atoms with Crippen LogP contribution >= 0.6 is 0 Å². The predicted octanol–water partition coefficient (Wildman–Crippen LogP) is 4.89. The zero-order valence-corrected chi connectivity index (χ0v) is 17.8. The second-order valence-electron chi connectivity index (χ2n) is 6.75. The highest BCUT2D eigenvalue weighted by atomic mass is 32.2. The first-order valence-corrected chi connectivity index (χ1v) is 11.4. The van der Waals surface area contributed by atoms with E-state index in [0.717, 1.165) is 5.56 Å². The van der Waals surface area contributed by atoms with Crippen molar-refractivity contribution < 1.29 is 17.6 Å². The molecule has 0 bridgehead atoms. The Balaban J connectivity index is 1.71. The normalized spacial score (nSPS) is 11.4. The van der Waals surface area contributed by atoms with Crippen LogP contribution in [0.1, 0.15) is 12.5 Å². The molecule has 4 aromatic rings. The van der Waals surface area contributed by atoms with Crippen molar-refractivity contribution in [2.75, 3.05) is 6.61 Å². The Kier molecular flexibility index (Phi) is 6.16. The number of sulfonamides is 1. The molecular weight excluding hydrogens is 412 g/mol. The fourth-order valence-corrected chi connectivity index (χ4v) is 4.24. The van der Waals surface area contributed by atoms with Crippen LogP contribution in [0.25, 0.3) is 22.8 Å². The first kappa shape index (κ1) is 20.8. The van der Waals surface area contributed by atoms with Gasteiger partial charge in [-0.15, -0.1) is 0 Å². The van der Waals surface area contributed by atoms with E-state index in [-0.39, 0.29) is 23.2 Å². The number of rotatable bonds is 8. The lowest BCUT2D eigenvalue weighted by molar-refractivity contribution is 0.336. The van der Waals surface area contributed by atoms with Crippen LogP contribution in [0.5, 0.6) is 5.75 Å². The maximum atomic E-state index is 13.2. The van der Waals surface area contributed by atoms with E-state index in [1.54, 1.807) is 12.1 Å². The minimum absolute atomic E-state index is 0.0697. The molecule has 0 saturated carbocycles. The number of nitrogens with zero attached hydrogens (tertiary/aromatic N) is 1. The number of hydrogen-bond donors (Lipinski definition) is 1. The van der Waals surface area contributed by atoms with E-state index in [9.17, 15) is 8.42 Å². The van der Waals surface area contributed by atoms with Crippen molar-refractivity contribution in [2.24, 2.45) is 0 Å². The molecule has 0 fully saturated rings. The minimum atomic E-state index is -3.97. The maximum absolute atomic E-state index is 13.2. The summed E-state index contributed by atoms with van der Waals surface area (Å²) in [5.74, 6) is 1.08. The van der Waals surface area contributed by atoms with Crippen LogP contribution in [-0.4, -0.2) is 20.0 Å². The average molecular weight is 435 g/mol. The van der Waals surface area contributed by atoms with E-state index < -0.39 is 10.0 Å². The zero-order chi connectivity index (χ0) is 21.7. The summed E-state index contributed by atoms with van der Waals surface area (Å²) in [6.07, 6.45) is 0. The number of benzene rings is 3. The Hall–Kier alpha value is -3.42. The van der Waals surface area contributed by atoms with Crippen LogP contribution in [0.2, 0.25) is 0 Å². The van der Waals surface area contributed by atoms with Crippen molar-refractivity contribution in [3.63, 3.8) is 0 Å². The van der Waals surface area contributed by atoms with Gasteiger partial charge < -0.3 is 9.15 Å². The fraction of sp³-hybridized carbons (Fsp3) is 0.125. The average Bonchev–Trinajstić information content (AvgIpc) is 3.27. The van der Waals surface area contributed by atoms with Crippen molar-refractivity contribution >= 4 is 10.0 Å². The monoisotopic (exact) mass is 434 g/mol. The summed E-state index contributed by atoms with van der Waals surface area (Å²) >= 11 is 0. The second-order valence-corrected chi connectivity index (χ2v) is 8.43. The summed E-state index contributed by atoms with van der Waals surface area (Å²) in [6.45, 7) is 2.44. The van der Waals surface area contributed by atoms with E-state index in [4.69, 9.17) is 9.15 Å². The van der Waals surface area contributed by atoms with Crippen LogP contribution in [-0.2, 0) is 16.6 Å². The molecule has 3 aromatic carbocycles. The molecular formula is C24H22N2O4S. The van der Waals surface area contributed by atoms with Gasteiger partial charge in [0.25, 0.3) is 10.0 Å². The third kappa shape index (κ3) is 4.68. The lowest BCUT2D eigenvalue weighted by Gasteiger charge is -2.11. The van der Waals surface area contributed by atoms with Gasteiger partial charge in [0.05, 0.1) is 6.61 Å². The smallest absolute Gasteiger partial charge is 0.262 e. The van der Waals surface area contributed by atoms with E-state index >= 15 is 0 Å². The molecule has 0 aliphatic rings.